The largest absolute Gasteiger partial charge is 0.454 e. The van der Waals surface area contributed by atoms with E-state index >= 15 is 0 Å². The van der Waals surface area contributed by atoms with E-state index in [4.69, 9.17) is 14.2 Å². The molecule has 0 spiro atoms. The van der Waals surface area contributed by atoms with Crippen LogP contribution in [0.2, 0.25) is 0 Å². The zero-order chi connectivity index (χ0) is 22.6. The van der Waals surface area contributed by atoms with Crippen molar-refractivity contribution < 1.29 is 19.0 Å². The number of hydrogen-bond acceptors (Lipinski definition) is 8. The average Bonchev–Trinajstić information content (AvgIpc) is 3.21. The molecule has 1 saturated heterocycles. The molecule has 0 aliphatic carbocycles. The lowest BCUT2D eigenvalue weighted by Crippen LogP contribution is -2.43. The van der Waals surface area contributed by atoms with Crippen molar-refractivity contribution in [1.82, 2.24) is 20.2 Å². The van der Waals surface area contributed by atoms with E-state index in [2.05, 4.69) is 20.6 Å². The van der Waals surface area contributed by atoms with E-state index in [1.807, 2.05) is 45.0 Å². The lowest BCUT2D eigenvalue weighted by Gasteiger charge is -2.33. The van der Waals surface area contributed by atoms with E-state index in [-0.39, 0.29) is 12.9 Å². The summed E-state index contributed by atoms with van der Waals surface area (Å²) in [5.41, 5.74) is 1.33. The summed E-state index contributed by atoms with van der Waals surface area (Å²) < 4.78 is 16.2. The number of benzene rings is 1. The third-order valence-corrected chi connectivity index (χ3v) is 5.37. The molecule has 1 fully saturated rings. The Hall–Kier alpha value is -3.07. The third kappa shape index (κ3) is 6.00. The van der Waals surface area contributed by atoms with Crippen LogP contribution < -0.4 is 20.1 Å². The zero-order valence-corrected chi connectivity index (χ0v) is 18.9. The maximum Gasteiger partial charge on any atom is 0.410 e. The van der Waals surface area contributed by atoms with Gasteiger partial charge in [-0.05, 0) is 58.2 Å². The molecule has 2 aromatic rings. The number of nitrogens with one attached hydrogen (secondary N) is 2. The minimum absolute atomic E-state index is 0.215. The van der Waals surface area contributed by atoms with Crippen LogP contribution in [0.3, 0.4) is 0 Å². The minimum Gasteiger partial charge on any atom is -0.454 e. The summed E-state index contributed by atoms with van der Waals surface area (Å²) in [6.45, 7) is 8.95. The molecule has 0 radical (unpaired) electrons. The standard InChI is InChI=1S/C23H31N5O4/c1-23(2,3)32-22(29)28-8-6-16(7-9-28)12-24-13-18-11-21(26-14-25-18)27-17-4-5-19-20(10-17)31-15-30-19/h4-5,10-11,14,16,24H,6-9,12-13,15H2,1-3H3,(H,25,26,27). The molecule has 9 nitrogen and oxygen atoms in total. The van der Waals surface area contributed by atoms with Crippen molar-refractivity contribution in [3.05, 3.63) is 36.3 Å². The first-order chi connectivity index (χ1) is 15.4. The summed E-state index contributed by atoms with van der Waals surface area (Å²) in [5.74, 6) is 2.73. The van der Waals surface area contributed by atoms with Crippen molar-refractivity contribution in [1.29, 1.82) is 0 Å². The Labute approximate surface area is 188 Å². The van der Waals surface area contributed by atoms with Gasteiger partial charge < -0.3 is 29.7 Å². The number of likely N-dealkylation sites (tertiary alicyclic amines) is 1. The molecule has 1 aromatic heterocycles. The lowest BCUT2D eigenvalue weighted by atomic mass is 9.97. The predicted octanol–water partition coefficient (Wildman–Crippen LogP) is 3.69. The molecule has 0 bridgehead atoms. The summed E-state index contributed by atoms with van der Waals surface area (Å²) in [6.07, 6.45) is 3.28. The van der Waals surface area contributed by atoms with Crippen LogP contribution in [0.4, 0.5) is 16.3 Å². The summed E-state index contributed by atoms with van der Waals surface area (Å²) in [7, 11) is 0. The van der Waals surface area contributed by atoms with Gasteiger partial charge in [-0.2, -0.15) is 0 Å². The van der Waals surface area contributed by atoms with Crippen LogP contribution in [0.15, 0.2) is 30.6 Å². The Kier molecular flexibility index (Phi) is 6.64. The third-order valence-electron chi connectivity index (χ3n) is 5.37. The molecule has 9 heteroatoms. The Bertz CT molecular complexity index is 938. The van der Waals surface area contributed by atoms with Crippen molar-refractivity contribution in [3.63, 3.8) is 0 Å². The van der Waals surface area contributed by atoms with Crippen LogP contribution in [0.25, 0.3) is 0 Å². The van der Waals surface area contributed by atoms with Gasteiger partial charge in [-0.3, -0.25) is 0 Å². The van der Waals surface area contributed by atoms with Gasteiger partial charge in [-0.25, -0.2) is 14.8 Å². The van der Waals surface area contributed by atoms with Gasteiger partial charge in [-0.1, -0.05) is 0 Å². The van der Waals surface area contributed by atoms with Crippen LogP contribution in [-0.4, -0.2) is 53.0 Å². The summed E-state index contributed by atoms with van der Waals surface area (Å²) in [6, 6.07) is 7.63. The number of nitrogens with zero attached hydrogens (tertiary/aromatic N) is 3. The van der Waals surface area contributed by atoms with Crippen LogP contribution >= 0.6 is 0 Å². The van der Waals surface area contributed by atoms with Gasteiger partial charge >= 0.3 is 6.09 Å². The van der Waals surface area contributed by atoms with Crippen LogP contribution in [0, 0.1) is 5.92 Å². The molecule has 0 unspecified atom stereocenters. The van der Waals surface area contributed by atoms with Crippen LogP contribution in [0.5, 0.6) is 11.5 Å². The number of rotatable bonds is 6. The second kappa shape index (κ2) is 9.60. The molecule has 1 aromatic carbocycles. The Morgan fingerprint density at radius 1 is 1.16 bits per heavy atom. The number of piperidine rings is 1. The number of carbonyl (C=O) groups is 1. The fourth-order valence-corrected chi connectivity index (χ4v) is 3.74. The first kappa shape index (κ1) is 22.1. The molecule has 0 atom stereocenters. The Balaban J connectivity index is 1.21. The lowest BCUT2D eigenvalue weighted by molar-refractivity contribution is 0.0184. The number of amides is 1. The van der Waals surface area contributed by atoms with Crippen molar-refractivity contribution in [3.8, 4) is 11.5 Å². The molecule has 2 aliphatic rings. The maximum atomic E-state index is 12.2. The quantitative estimate of drug-likeness (QED) is 0.701. The topological polar surface area (TPSA) is 97.8 Å². The van der Waals surface area contributed by atoms with Crippen molar-refractivity contribution >= 4 is 17.6 Å². The molecule has 1 amide bonds. The SMILES string of the molecule is CC(C)(C)OC(=O)N1CCC(CNCc2cc(Nc3ccc4c(c3)OCO4)ncn2)CC1. The van der Waals surface area contributed by atoms with E-state index in [1.54, 1.807) is 11.2 Å². The van der Waals surface area contributed by atoms with E-state index in [0.29, 0.717) is 12.5 Å². The zero-order valence-electron chi connectivity index (χ0n) is 18.9. The second-order valence-electron chi connectivity index (χ2n) is 9.13. The van der Waals surface area contributed by atoms with Crippen molar-refractivity contribution in [2.75, 3.05) is 31.7 Å². The molecule has 0 saturated carbocycles. The van der Waals surface area contributed by atoms with Crippen molar-refractivity contribution in [2.24, 2.45) is 5.92 Å². The molecule has 172 valence electrons. The molecular formula is C23H31N5O4. The highest BCUT2D eigenvalue weighted by atomic mass is 16.7. The van der Waals surface area contributed by atoms with Gasteiger partial charge in [0.1, 0.15) is 17.7 Å². The summed E-state index contributed by atoms with van der Waals surface area (Å²) in [5, 5.41) is 6.77. The first-order valence-corrected chi connectivity index (χ1v) is 11.0. The van der Waals surface area contributed by atoms with Gasteiger partial charge in [0.15, 0.2) is 11.5 Å². The van der Waals surface area contributed by atoms with Gasteiger partial charge in [0.25, 0.3) is 0 Å². The number of ether oxygens (including phenoxy) is 3. The van der Waals surface area contributed by atoms with Crippen molar-refractivity contribution in [2.45, 2.75) is 45.8 Å². The van der Waals surface area contributed by atoms with E-state index in [9.17, 15) is 4.79 Å². The number of aromatic nitrogens is 2. The van der Waals surface area contributed by atoms with Crippen LogP contribution in [0.1, 0.15) is 39.3 Å². The molecule has 32 heavy (non-hydrogen) atoms. The molecule has 2 aliphatic heterocycles. The molecule has 2 N–H and O–H groups in total. The van der Waals surface area contributed by atoms with E-state index < -0.39 is 5.60 Å². The Morgan fingerprint density at radius 3 is 2.72 bits per heavy atom. The highest BCUT2D eigenvalue weighted by Crippen LogP contribution is 2.34. The maximum absolute atomic E-state index is 12.2. The van der Waals surface area contributed by atoms with E-state index in [0.717, 1.165) is 61.2 Å². The van der Waals surface area contributed by atoms with E-state index in [1.165, 1.54) is 0 Å². The molecule has 3 heterocycles. The molecule has 4 rings (SSSR count). The number of fused-ring (bicyclic) bond motifs is 1. The fourth-order valence-electron chi connectivity index (χ4n) is 3.74. The fraction of sp³-hybridized carbons (Fsp3) is 0.522. The number of anilines is 2. The second-order valence-corrected chi connectivity index (χ2v) is 9.13. The first-order valence-electron chi connectivity index (χ1n) is 11.0. The molecular weight excluding hydrogens is 410 g/mol. The number of hydrogen-bond donors (Lipinski definition) is 2. The summed E-state index contributed by atoms with van der Waals surface area (Å²) in [4.78, 5) is 22.7. The monoisotopic (exact) mass is 441 g/mol. The normalized spacial score (nSPS) is 16.2. The summed E-state index contributed by atoms with van der Waals surface area (Å²) >= 11 is 0. The van der Waals surface area contributed by atoms with Gasteiger partial charge in [-0.15, -0.1) is 0 Å². The predicted molar refractivity (Wildman–Crippen MR) is 120 cm³/mol. The van der Waals surface area contributed by atoms with Gasteiger partial charge in [0.05, 0.1) is 5.69 Å². The highest BCUT2D eigenvalue weighted by molar-refractivity contribution is 5.68. The Morgan fingerprint density at radius 2 is 1.94 bits per heavy atom. The van der Waals surface area contributed by atoms with Gasteiger partial charge in [0.2, 0.25) is 6.79 Å². The minimum atomic E-state index is -0.455. The smallest absolute Gasteiger partial charge is 0.410 e. The van der Waals surface area contributed by atoms with Crippen LogP contribution in [-0.2, 0) is 11.3 Å². The number of carbonyl (C=O) groups excluding carboxylic acids is 1. The average molecular weight is 442 g/mol. The highest BCUT2D eigenvalue weighted by Gasteiger charge is 2.26. The van der Waals surface area contributed by atoms with Gasteiger partial charge in [0, 0.05) is 37.5 Å².